The highest BCUT2D eigenvalue weighted by Gasteiger charge is 2.22. The molecule has 1 aliphatic heterocycles. The van der Waals surface area contributed by atoms with Gasteiger partial charge in [0.2, 0.25) is 4.96 Å². The number of thioether (sulfide) groups is 1. The summed E-state index contributed by atoms with van der Waals surface area (Å²) in [7, 11) is 0. The van der Waals surface area contributed by atoms with Crippen LogP contribution in [0.1, 0.15) is 5.69 Å². The third-order valence-corrected chi connectivity index (χ3v) is 7.77. The number of halogens is 1. The number of hydrogen-bond acceptors (Lipinski definition) is 7. The van der Waals surface area contributed by atoms with Crippen molar-refractivity contribution in [3.63, 3.8) is 0 Å². The molecule has 0 radical (unpaired) electrons. The number of hydrogen-bond donors (Lipinski definition) is 1. The number of nitrogens with one attached hydrogen (secondary N) is 1. The Morgan fingerprint density at radius 3 is 2.69 bits per heavy atom. The molecule has 1 saturated heterocycles. The summed E-state index contributed by atoms with van der Waals surface area (Å²) in [4.78, 5) is 35.7. The van der Waals surface area contributed by atoms with Crippen molar-refractivity contribution in [1.29, 1.82) is 0 Å². The summed E-state index contributed by atoms with van der Waals surface area (Å²) < 4.78 is 1.32. The lowest BCUT2D eigenvalue weighted by Crippen LogP contribution is -2.49. The van der Waals surface area contributed by atoms with Crippen LogP contribution in [0.2, 0.25) is 5.02 Å². The van der Waals surface area contributed by atoms with E-state index in [4.69, 9.17) is 11.6 Å². The number of aromatic nitrogens is 3. The molecule has 0 saturated carbocycles. The SMILES string of the molecule is CSc1cccc(NC(=O)N2CCN(Cc3cc(=O)n4nc(-c5ccccc5Cl)sc4n3)CC2)c1. The Morgan fingerprint density at radius 1 is 1.11 bits per heavy atom. The summed E-state index contributed by atoms with van der Waals surface area (Å²) in [5, 5.41) is 8.63. The van der Waals surface area contributed by atoms with Crippen LogP contribution in [0.15, 0.2) is 64.3 Å². The van der Waals surface area contributed by atoms with Crippen LogP contribution in [0.25, 0.3) is 15.5 Å². The van der Waals surface area contributed by atoms with Crippen LogP contribution < -0.4 is 10.9 Å². The molecule has 2 amide bonds. The summed E-state index contributed by atoms with van der Waals surface area (Å²) in [6, 6.07) is 16.7. The van der Waals surface area contributed by atoms with Crippen LogP contribution in [0.5, 0.6) is 0 Å². The Bertz CT molecular complexity index is 1430. The monoisotopic (exact) mass is 526 g/mol. The Balaban J connectivity index is 1.23. The quantitative estimate of drug-likeness (QED) is 0.384. The summed E-state index contributed by atoms with van der Waals surface area (Å²) in [5.41, 5.74) is 2.05. The van der Waals surface area contributed by atoms with Crippen molar-refractivity contribution in [1.82, 2.24) is 24.4 Å². The predicted octanol–water partition coefficient (Wildman–Crippen LogP) is 4.54. The van der Waals surface area contributed by atoms with Crippen LogP contribution in [-0.2, 0) is 6.54 Å². The zero-order valence-electron chi connectivity index (χ0n) is 19.0. The lowest BCUT2D eigenvalue weighted by atomic mass is 10.2. The van der Waals surface area contributed by atoms with E-state index in [0.717, 1.165) is 16.1 Å². The van der Waals surface area contributed by atoms with Crippen molar-refractivity contribution >= 4 is 51.4 Å². The average molecular weight is 527 g/mol. The number of urea groups is 1. The molecule has 8 nitrogen and oxygen atoms in total. The zero-order chi connectivity index (χ0) is 24.4. The van der Waals surface area contributed by atoms with Crippen molar-refractivity contribution in [2.45, 2.75) is 11.4 Å². The Morgan fingerprint density at radius 2 is 1.91 bits per heavy atom. The van der Waals surface area contributed by atoms with Crippen LogP contribution in [0, 0.1) is 0 Å². The number of carbonyl (C=O) groups excluding carboxylic acids is 1. The van der Waals surface area contributed by atoms with Gasteiger partial charge in [-0.15, -0.1) is 11.8 Å². The first-order chi connectivity index (χ1) is 17.0. The highest BCUT2D eigenvalue weighted by Crippen LogP contribution is 2.30. The summed E-state index contributed by atoms with van der Waals surface area (Å²) in [6.45, 7) is 3.15. The highest BCUT2D eigenvalue weighted by atomic mass is 35.5. The molecule has 180 valence electrons. The maximum Gasteiger partial charge on any atom is 0.321 e. The van der Waals surface area contributed by atoms with Gasteiger partial charge in [0.25, 0.3) is 5.56 Å². The number of carbonyl (C=O) groups is 1. The van der Waals surface area contributed by atoms with Crippen LogP contribution in [0.3, 0.4) is 0 Å². The zero-order valence-corrected chi connectivity index (χ0v) is 21.4. The van der Waals surface area contributed by atoms with Gasteiger partial charge >= 0.3 is 6.03 Å². The number of benzene rings is 2. The molecule has 0 bridgehead atoms. The molecule has 2 aromatic heterocycles. The van der Waals surface area contributed by atoms with Gasteiger partial charge in [-0.3, -0.25) is 9.69 Å². The number of fused-ring (bicyclic) bond motifs is 1. The minimum absolute atomic E-state index is 0.0996. The number of rotatable bonds is 5. The highest BCUT2D eigenvalue weighted by molar-refractivity contribution is 7.98. The second-order valence-electron chi connectivity index (χ2n) is 8.09. The molecule has 1 fully saturated rings. The summed E-state index contributed by atoms with van der Waals surface area (Å²) in [5.74, 6) is 0. The fraction of sp³-hybridized carbons (Fsp3) is 0.250. The van der Waals surface area contributed by atoms with Crippen LogP contribution >= 0.6 is 34.7 Å². The van der Waals surface area contributed by atoms with Crippen molar-refractivity contribution in [2.75, 3.05) is 37.8 Å². The van der Waals surface area contributed by atoms with Crippen LogP contribution in [0.4, 0.5) is 10.5 Å². The van der Waals surface area contributed by atoms with Crippen molar-refractivity contribution < 1.29 is 4.79 Å². The van der Waals surface area contributed by atoms with Gasteiger partial charge in [-0.25, -0.2) is 9.78 Å². The second kappa shape index (κ2) is 10.4. The van der Waals surface area contributed by atoms with Gasteiger partial charge in [0.1, 0.15) is 5.01 Å². The molecular formula is C24H23ClN6O2S2. The fourth-order valence-electron chi connectivity index (χ4n) is 3.92. The smallest absolute Gasteiger partial charge is 0.321 e. The number of piperazine rings is 1. The second-order valence-corrected chi connectivity index (χ2v) is 10.3. The summed E-state index contributed by atoms with van der Waals surface area (Å²) in [6.07, 6.45) is 2.01. The number of amides is 2. The maximum atomic E-state index is 12.7. The third kappa shape index (κ3) is 5.35. The molecule has 11 heteroatoms. The van der Waals surface area contributed by atoms with E-state index in [1.54, 1.807) is 17.8 Å². The number of nitrogens with zero attached hydrogens (tertiary/aromatic N) is 5. The van der Waals surface area contributed by atoms with Crippen molar-refractivity contribution in [3.05, 3.63) is 75.7 Å². The van der Waals surface area contributed by atoms with Gasteiger partial charge in [-0.1, -0.05) is 47.2 Å². The Hall–Kier alpha value is -2.92. The normalized spacial score (nSPS) is 14.4. The summed E-state index contributed by atoms with van der Waals surface area (Å²) >= 11 is 9.27. The standard InChI is InChI=1S/C24H23ClN6O2S2/c1-34-18-6-4-5-16(13-18)26-23(33)30-11-9-29(10-12-30)15-17-14-21(32)31-24(27-17)35-22(28-31)19-7-2-3-8-20(19)25/h2-8,13-14H,9-12,15H2,1H3,(H,26,33). The molecule has 0 spiro atoms. The Labute approximate surface area is 215 Å². The van der Waals surface area contributed by atoms with E-state index in [1.165, 1.54) is 21.9 Å². The minimum atomic E-state index is -0.218. The molecular weight excluding hydrogens is 504 g/mol. The van der Waals surface area contributed by atoms with Gasteiger partial charge in [0.05, 0.1) is 10.7 Å². The lowest BCUT2D eigenvalue weighted by molar-refractivity contribution is 0.142. The maximum absolute atomic E-state index is 12.7. The van der Waals surface area contributed by atoms with Gasteiger partial charge < -0.3 is 10.2 Å². The average Bonchev–Trinajstić information content (AvgIpc) is 3.29. The molecule has 4 aromatic rings. The Kier molecular flexibility index (Phi) is 7.05. The van der Waals surface area contributed by atoms with E-state index in [0.29, 0.717) is 53.4 Å². The molecule has 0 unspecified atom stereocenters. The third-order valence-electron chi connectivity index (χ3n) is 5.77. The first-order valence-corrected chi connectivity index (χ1v) is 13.5. The molecule has 0 aliphatic carbocycles. The van der Waals surface area contributed by atoms with Gasteiger partial charge in [0, 0.05) is 54.9 Å². The minimum Gasteiger partial charge on any atom is -0.322 e. The molecule has 0 atom stereocenters. The molecule has 5 rings (SSSR count). The van der Waals surface area contributed by atoms with E-state index in [9.17, 15) is 9.59 Å². The lowest BCUT2D eigenvalue weighted by Gasteiger charge is -2.34. The largest absolute Gasteiger partial charge is 0.322 e. The molecule has 1 aliphatic rings. The molecule has 35 heavy (non-hydrogen) atoms. The first-order valence-electron chi connectivity index (χ1n) is 11.1. The van der Waals surface area contributed by atoms with Gasteiger partial charge in [-0.2, -0.15) is 9.61 Å². The van der Waals surface area contributed by atoms with Crippen molar-refractivity contribution in [3.8, 4) is 10.6 Å². The molecule has 3 heterocycles. The molecule has 1 N–H and O–H groups in total. The van der Waals surface area contributed by atoms with E-state index >= 15 is 0 Å². The van der Waals surface area contributed by atoms with Gasteiger partial charge in [-0.05, 0) is 30.5 Å². The van der Waals surface area contributed by atoms with E-state index in [-0.39, 0.29) is 11.6 Å². The van der Waals surface area contributed by atoms with E-state index in [1.807, 2.05) is 53.6 Å². The topological polar surface area (TPSA) is 82.8 Å². The predicted molar refractivity (Wildman–Crippen MR) is 142 cm³/mol. The van der Waals surface area contributed by atoms with Crippen molar-refractivity contribution in [2.24, 2.45) is 0 Å². The van der Waals surface area contributed by atoms with Crippen LogP contribution in [-0.4, -0.2) is 62.9 Å². The first kappa shape index (κ1) is 23.8. The number of anilines is 1. The van der Waals surface area contributed by atoms with Gasteiger partial charge in [0.15, 0.2) is 0 Å². The van der Waals surface area contributed by atoms with E-state index in [2.05, 4.69) is 20.3 Å². The van der Waals surface area contributed by atoms with E-state index < -0.39 is 0 Å². The fourth-order valence-corrected chi connectivity index (χ4v) is 5.63. The molecule has 2 aromatic carbocycles.